The maximum Gasteiger partial charge on any atom is 0.498 e. The average Bonchev–Trinajstić information content (AvgIpc) is 3.15. The predicted octanol–water partition coefficient (Wildman–Crippen LogP) is 2.61. The van der Waals surface area contributed by atoms with Crippen molar-refractivity contribution in [1.29, 1.82) is 0 Å². The number of hydrogen-bond acceptors (Lipinski definition) is 7. The maximum absolute atomic E-state index is 12.5. The molecule has 9 heteroatoms. The molecule has 8 nitrogen and oxygen atoms in total. The van der Waals surface area contributed by atoms with Crippen LogP contribution in [0.3, 0.4) is 0 Å². The summed E-state index contributed by atoms with van der Waals surface area (Å²) in [7, 11) is 1.46. The Balaban J connectivity index is 1.62. The minimum absolute atomic E-state index is 0.0798. The number of nitrogens with zero attached hydrogens (tertiary/aromatic N) is 4. The second kappa shape index (κ2) is 8.00. The van der Waals surface area contributed by atoms with Crippen molar-refractivity contribution in [3.63, 3.8) is 0 Å². The monoisotopic (exact) mass is 418 g/mol. The van der Waals surface area contributed by atoms with E-state index in [1.165, 1.54) is 0 Å². The zero-order valence-electron chi connectivity index (χ0n) is 19.6. The SMILES string of the molecule is CN(C[C@@H]1CCCN1C(=O)OC(C)(C)C)c1ncc(B2OC(C)(C)C(C)(C)O2)cn1. The van der Waals surface area contributed by atoms with E-state index in [1.807, 2.05) is 65.3 Å². The third-order valence-corrected chi connectivity index (χ3v) is 6.01. The zero-order chi connectivity index (χ0) is 22.3. The Hall–Kier alpha value is -1.87. The molecule has 1 aromatic rings. The molecule has 0 spiro atoms. The Labute approximate surface area is 180 Å². The van der Waals surface area contributed by atoms with Crippen LogP contribution in [0.5, 0.6) is 0 Å². The lowest BCUT2D eigenvalue weighted by molar-refractivity contribution is 0.00578. The van der Waals surface area contributed by atoms with Gasteiger partial charge in [0.1, 0.15) is 5.60 Å². The van der Waals surface area contributed by atoms with E-state index in [0.717, 1.165) is 24.8 Å². The molecular weight excluding hydrogens is 383 g/mol. The van der Waals surface area contributed by atoms with Gasteiger partial charge in [0.15, 0.2) is 0 Å². The lowest BCUT2D eigenvalue weighted by Crippen LogP contribution is -2.45. The van der Waals surface area contributed by atoms with Crippen molar-refractivity contribution in [2.75, 3.05) is 25.0 Å². The smallest absolute Gasteiger partial charge is 0.444 e. The average molecular weight is 418 g/mol. The van der Waals surface area contributed by atoms with Crippen molar-refractivity contribution in [3.05, 3.63) is 12.4 Å². The Bertz CT molecular complexity index is 747. The van der Waals surface area contributed by atoms with Crippen LogP contribution in [0.15, 0.2) is 12.4 Å². The van der Waals surface area contributed by atoms with Crippen LogP contribution >= 0.6 is 0 Å². The van der Waals surface area contributed by atoms with Crippen molar-refractivity contribution in [2.24, 2.45) is 0 Å². The molecule has 2 aliphatic rings. The first kappa shape index (κ1) is 22.8. The van der Waals surface area contributed by atoms with Crippen molar-refractivity contribution in [1.82, 2.24) is 14.9 Å². The molecule has 3 heterocycles. The van der Waals surface area contributed by atoms with Crippen LogP contribution < -0.4 is 10.4 Å². The summed E-state index contributed by atoms with van der Waals surface area (Å²) in [6.07, 6.45) is 5.16. The molecule has 0 bridgehead atoms. The van der Waals surface area contributed by atoms with Gasteiger partial charge in [-0.2, -0.15) is 0 Å². The highest BCUT2D eigenvalue weighted by molar-refractivity contribution is 6.61. The first-order valence-electron chi connectivity index (χ1n) is 10.7. The molecule has 0 aromatic carbocycles. The minimum Gasteiger partial charge on any atom is -0.444 e. The molecule has 3 rings (SSSR count). The van der Waals surface area contributed by atoms with Gasteiger partial charge in [0.2, 0.25) is 5.95 Å². The first-order chi connectivity index (χ1) is 13.8. The molecule has 1 aromatic heterocycles. The zero-order valence-corrected chi connectivity index (χ0v) is 19.6. The van der Waals surface area contributed by atoms with E-state index in [-0.39, 0.29) is 12.1 Å². The molecule has 0 saturated carbocycles. The Morgan fingerprint density at radius 2 is 1.80 bits per heavy atom. The summed E-state index contributed by atoms with van der Waals surface area (Å²) in [4.78, 5) is 25.3. The highest BCUT2D eigenvalue weighted by atomic mass is 16.7. The predicted molar refractivity (Wildman–Crippen MR) is 117 cm³/mol. The van der Waals surface area contributed by atoms with Gasteiger partial charge in [-0.1, -0.05) is 0 Å². The van der Waals surface area contributed by atoms with Gasteiger partial charge in [0.05, 0.1) is 17.2 Å². The van der Waals surface area contributed by atoms with Crippen molar-refractivity contribution >= 4 is 24.6 Å². The van der Waals surface area contributed by atoms with Crippen LogP contribution in [0.4, 0.5) is 10.7 Å². The molecule has 2 fully saturated rings. The standard InChI is InChI=1S/C21H35BN4O4/c1-19(2,3)28-18(27)26-11-9-10-16(26)14-25(8)17-23-12-15(13-24-17)22-29-20(4,5)21(6,7)30-22/h12-13,16H,9-11,14H2,1-8H3/t16-/m0/s1. The fourth-order valence-electron chi connectivity index (χ4n) is 3.61. The van der Waals surface area contributed by atoms with Crippen LogP contribution in [0.25, 0.3) is 0 Å². The number of carbonyl (C=O) groups is 1. The normalized spacial score (nSPS) is 23.0. The number of rotatable bonds is 4. The number of aromatic nitrogens is 2. The quantitative estimate of drug-likeness (QED) is 0.696. The van der Waals surface area contributed by atoms with Crippen LogP contribution in [-0.2, 0) is 14.0 Å². The lowest BCUT2D eigenvalue weighted by atomic mass is 9.81. The number of anilines is 1. The number of ether oxygens (including phenoxy) is 1. The summed E-state index contributed by atoms with van der Waals surface area (Å²) in [5.74, 6) is 0.603. The first-order valence-corrected chi connectivity index (χ1v) is 10.7. The molecule has 30 heavy (non-hydrogen) atoms. The Kier molecular flexibility index (Phi) is 6.08. The third-order valence-electron chi connectivity index (χ3n) is 6.01. The third kappa shape index (κ3) is 4.89. The van der Waals surface area contributed by atoms with Gasteiger partial charge in [-0.15, -0.1) is 0 Å². The largest absolute Gasteiger partial charge is 0.498 e. The number of amides is 1. The van der Waals surface area contributed by atoms with Crippen LogP contribution in [0.1, 0.15) is 61.3 Å². The molecule has 2 saturated heterocycles. The molecular formula is C21H35BN4O4. The number of carbonyl (C=O) groups excluding carboxylic acids is 1. The van der Waals surface area contributed by atoms with Crippen LogP contribution in [0, 0.1) is 0 Å². The highest BCUT2D eigenvalue weighted by Gasteiger charge is 2.52. The van der Waals surface area contributed by atoms with Gasteiger partial charge in [0, 0.05) is 38.0 Å². The number of hydrogen-bond donors (Lipinski definition) is 0. The molecule has 166 valence electrons. The second-order valence-corrected chi connectivity index (χ2v) is 10.3. The molecule has 0 unspecified atom stereocenters. The summed E-state index contributed by atoms with van der Waals surface area (Å²) in [5, 5.41) is 0. The summed E-state index contributed by atoms with van der Waals surface area (Å²) >= 11 is 0. The molecule has 2 aliphatic heterocycles. The number of likely N-dealkylation sites (tertiary alicyclic amines) is 1. The van der Waals surface area contributed by atoms with Gasteiger partial charge in [0.25, 0.3) is 0 Å². The van der Waals surface area contributed by atoms with E-state index in [4.69, 9.17) is 14.0 Å². The van der Waals surface area contributed by atoms with Gasteiger partial charge >= 0.3 is 13.2 Å². The number of likely N-dealkylation sites (N-methyl/N-ethyl adjacent to an activating group) is 1. The van der Waals surface area contributed by atoms with E-state index in [2.05, 4.69) is 9.97 Å². The second-order valence-electron chi connectivity index (χ2n) is 10.3. The van der Waals surface area contributed by atoms with Crippen LogP contribution in [0.2, 0.25) is 0 Å². The molecule has 0 radical (unpaired) electrons. The van der Waals surface area contributed by atoms with E-state index in [9.17, 15) is 4.79 Å². The van der Waals surface area contributed by atoms with Gasteiger partial charge in [-0.05, 0) is 61.3 Å². The van der Waals surface area contributed by atoms with Gasteiger partial charge in [-0.3, -0.25) is 0 Å². The summed E-state index contributed by atoms with van der Waals surface area (Å²) in [6, 6.07) is 0.0798. The summed E-state index contributed by atoms with van der Waals surface area (Å²) in [5.41, 5.74) is -0.508. The molecule has 0 N–H and O–H groups in total. The van der Waals surface area contributed by atoms with Crippen molar-refractivity contribution in [2.45, 2.75) is 84.2 Å². The van der Waals surface area contributed by atoms with Gasteiger partial charge in [-0.25, -0.2) is 14.8 Å². The van der Waals surface area contributed by atoms with Crippen molar-refractivity contribution < 1.29 is 18.8 Å². The van der Waals surface area contributed by atoms with Gasteiger partial charge < -0.3 is 23.8 Å². The Morgan fingerprint density at radius 1 is 1.23 bits per heavy atom. The minimum atomic E-state index is -0.497. The van der Waals surface area contributed by atoms with E-state index in [1.54, 1.807) is 12.4 Å². The fraction of sp³-hybridized carbons (Fsp3) is 0.762. The molecule has 1 amide bonds. The highest BCUT2D eigenvalue weighted by Crippen LogP contribution is 2.36. The van der Waals surface area contributed by atoms with Crippen LogP contribution in [-0.4, -0.2) is 71.1 Å². The van der Waals surface area contributed by atoms with E-state index < -0.39 is 23.9 Å². The molecule has 1 atom stereocenters. The topological polar surface area (TPSA) is 77.0 Å². The maximum atomic E-state index is 12.5. The van der Waals surface area contributed by atoms with E-state index in [0.29, 0.717) is 12.5 Å². The fourth-order valence-corrected chi connectivity index (χ4v) is 3.61. The van der Waals surface area contributed by atoms with E-state index >= 15 is 0 Å². The molecule has 0 aliphatic carbocycles. The van der Waals surface area contributed by atoms with Crippen molar-refractivity contribution in [3.8, 4) is 0 Å². The summed E-state index contributed by atoms with van der Waals surface area (Å²) in [6.45, 7) is 15.1. The summed E-state index contributed by atoms with van der Waals surface area (Å²) < 4.78 is 17.7. The Morgan fingerprint density at radius 3 is 2.33 bits per heavy atom. The lowest BCUT2D eigenvalue weighted by Gasteiger charge is -2.32.